The molecule has 1 aromatic carbocycles. The van der Waals surface area contributed by atoms with Crippen LogP contribution in [0.4, 0.5) is 4.79 Å². The largest absolute Gasteiger partial charge is 0.496 e. The van der Waals surface area contributed by atoms with E-state index in [1.165, 1.54) is 0 Å². The van der Waals surface area contributed by atoms with Crippen LogP contribution in [0, 0.1) is 6.92 Å². The maximum atomic E-state index is 11.7. The molecule has 0 aliphatic carbocycles. The van der Waals surface area contributed by atoms with Crippen molar-refractivity contribution < 1.29 is 14.3 Å². The fourth-order valence-corrected chi connectivity index (χ4v) is 2.61. The average Bonchev–Trinajstić information content (AvgIpc) is 2.51. The monoisotopic (exact) mass is 308 g/mol. The van der Waals surface area contributed by atoms with Crippen LogP contribution in [-0.4, -0.2) is 33.3 Å². The highest BCUT2D eigenvalue weighted by Gasteiger charge is 2.21. The minimum atomic E-state index is -0.145. The zero-order chi connectivity index (χ0) is 16.5. The van der Waals surface area contributed by atoms with Gasteiger partial charge in [-0.2, -0.15) is 0 Å². The molecule has 0 aliphatic heterocycles. The van der Waals surface area contributed by atoms with Crippen LogP contribution in [0.2, 0.25) is 0 Å². The van der Waals surface area contributed by atoms with Gasteiger partial charge in [0.1, 0.15) is 11.5 Å². The SMILES string of the molecule is CCCC(CNC(=O)NCC)c1c(OC)cc(C)cc1OC. The third-order valence-corrected chi connectivity index (χ3v) is 3.58. The number of nitrogens with one attached hydrogen (secondary N) is 2. The zero-order valence-corrected chi connectivity index (χ0v) is 14.3. The van der Waals surface area contributed by atoms with Gasteiger partial charge in [0, 0.05) is 24.6 Å². The van der Waals surface area contributed by atoms with Crippen molar-refractivity contribution >= 4 is 6.03 Å². The molecular weight excluding hydrogens is 280 g/mol. The lowest BCUT2D eigenvalue weighted by Crippen LogP contribution is -2.37. The predicted molar refractivity (Wildman–Crippen MR) is 89.0 cm³/mol. The topological polar surface area (TPSA) is 59.6 Å². The van der Waals surface area contributed by atoms with Crippen molar-refractivity contribution in [3.8, 4) is 11.5 Å². The zero-order valence-electron chi connectivity index (χ0n) is 14.3. The van der Waals surface area contributed by atoms with E-state index in [2.05, 4.69) is 17.6 Å². The summed E-state index contributed by atoms with van der Waals surface area (Å²) in [6.45, 7) is 7.20. The van der Waals surface area contributed by atoms with Crippen LogP contribution < -0.4 is 20.1 Å². The summed E-state index contributed by atoms with van der Waals surface area (Å²) in [6, 6.07) is 3.87. The molecule has 1 aromatic rings. The number of rotatable bonds is 8. The highest BCUT2D eigenvalue weighted by Crippen LogP contribution is 2.38. The number of carbonyl (C=O) groups excluding carboxylic acids is 1. The first-order valence-electron chi connectivity index (χ1n) is 7.81. The quantitative estimate of drug-likeness (QED) is 0.775. The molecule has 1 unspecified atom stereocenters. The minimum Gasteiger partial charge on any atom is -0.496 e. The Bertz CT molecular complexity index is 464. The summed E-state index contributed by atoms with van der Waals surface area (Å²) >= 11 is 0. The van der Waals surface area contributed by atoms with E-state index < -0.39 is 0 Å². The Morgan fingerprint density at radius 2 is 1.73 bits per heavy atom. The van der Waals surface area contributed by atoms with Crippen LogP contribution in [0.25, 0.3) is 0 Å². The van der Waals surface area contributed by atoms with E-state index in [-0.39, 0.29) is 11.9 Å². The highest BCUT2D eigenvalue weighted by atomic mass is 16.5. The van der Waals surface area contributed by atoms with Gasteiger partial charge in [-0.3, -0.25) is 0 Å². The van der Waals surface area contributed by atoms with E-state index >= 15 is 0 Å². The lowest BCUT2D eigenvalue weighted by atomic mass is 9.91. The summed E-state index contributed by atoms with van der Waals surface area (Å²) in [7, 11) is 3.33. The summed E-state index contributed by atoms with van der Waals surface area (Å²) in [5, 5.41) is 5.67. The molecule has 0 saturated heterocycles. The second kappa shape index (κ2) is 9.18. The Morgan fingerprint density at radius 3 is 2.18 bits per heavy atom. The van der Waals surface area contributed by atoms with E-state index in [1.807, 2.05) is 26.0 Å². The van der Waals surface area contributed by atoms with E-state index in [1.54, 1.807) is 14.2 Å². The second-order valence-corrected chi connectivity index (χ2v) is 5.31. The van der Waals surface area contributed by atoms with Gasteiger partial charge in [-0.15, -0.1) is 0 Å². The molecular formula is C17H28N2O3. The molecule has 5 nitrogen and oxygen atoms in total. The molecule has 0 spiro atoms. The molecule has 22 heavy (non-hydrogen) atoms. The molecule has 2 amide bonds. The first-order valence-corrected chi connectivity index (χ1v) is 7.81. The van der Waals surface area contributed by atoms with Gasteiger partial charge in [0.15, 0.2) is 0 Å². The standard InChI is InChI=1S/C17H28N2O3/c1-6-8-13(11-19-17(20)18-7-2)16-14(21-4)9-12(3)10-15(16)22-5/h9-10,13H,6-8,11H2,1-5H3,(H2,18,19,20). The first kappa shape index (κ1) is 18.1. The smallest absolute Gasteiger partial charge is 0.314 e. The lowest BCUT2D eigenvalue weighted by Gasteiger charge is -2.23. The van der Waals surface area contributed by atoms with Crippen molar-refractivity contribution in [1.29, 1.82) is 0 Å². The van der Waals surface area contributed by atoms with Crippen molar-refractivity contribution in [2.24, 2.45) is 0 Å². The van der Waals surface area contributed by atoms with Gasteiger partial charge in [0.25, 0.3) is 0 Å². The van der Waals surface area contributed by atoms with Gasteiger partial charge < -0.3 is 20.1 Å². The summed E-state index contributed by atoms with van der Waals surface area (Å²) in [6.07, 6.45) is 1.96. The summed E-state index contributed by atoms with van der Waals surface area (Å²) in [4.78, 5) is 11.7. The van der Waals surface area contributed by atoms with Crippen LogP contribution in [0.5, 0.6) is 11.5 Å². The van der Waals surface area contributed by atoms with E-state index in [9.17, 15) is 4.79 Å². The van der Waals surface area contributed by atoms with Gasteiger partial charge in [0.05, 0.1) is 14.2 Å². The third kappa shape index (κ3) is 4.83. The van der Waals surface area contributed by atoms with Crippen molar-refractivity contribution in [2.45, 2.75) is 39.5 Å². The van der Waals surface area contributed by atoms with Gasteiger partial charge in [-0.1, -0.05) is 13.3 Å². The van der Waals surface area contributed by atoms with Crippen molar-refractivity contribution in [3.63, 3.8) is 0 Å². The molecule has 0 bridgehead atoms. The molecule has 0 aliphatic rings. The number of carbonyl (C=O) groups is 1. The number of aryl methyl sites for hydroxylation is 1. The number of ether oxygens (including phenoxy) is 2. The lowest BCUT2D eigenvalue weighted by molar-refractivity contribution is 0.240. The molecule has 124 valence electrons. The van der Waals surface area contributed by atoms with Crippen molar-refractivity contribution in [1.82, 2.24) is 10.6 Å². The maximum Gasteiger partial charge on any atom is 0.314 e. The Morgan fingerprint density at radius 1 is 1.14 bits per heavy atom. The Labute approximate surface area is 133 Å². The Balaban J connectivity index is 3.06. The summed E-state index contributed by atoms with van der Waals surface area (Å²) in [5.74, 6) is 1.78. The van der Waals surface area contributed by atoms with Crippen LogP contribution in [0.3, 0.4) is 0 Å². The van der Waals surface area contributed by atoms with Crippen LogP contribution >= 0.6 is 0 Å². The van der Waals surface area contributed by atoms with Crippen LogP contribution in [-0.2, 0) is 0 Å². The van der Waals surface area contributed by atoms with Gasteiger partial charge in [0.2, 0.25) is 0 Å². The van der Waals surface area contributed by atoms with Crippen LogP contribution in [0.15, 0.2) is 12.1 Å². The maximum absolute atomic E-state index is 11.7. The van der Waals surface area contributed by atoms with Crippen LogP contribution in [0.1, 0.15) is 43.7 Å². The average molecular weight is 308 g/mol. The molecule has 0 radical (unpaired) electrons. The fraction of sp³-hybridized carbons (Fsp3) is 0.588. The summed E-state index contributed by atoms with van der Waals surface area (Å²) < 4.78 is 11.1. The van der Waals surface area contributed by atoms with E-state index in [4.69, 9.17) is 9.47 Å². The second-order valence-electron chi connectivity index (χ2n) is 5.31. The fourth-order valence-electron chi connectivity index (χ4n) is 2.61. The molecule has 2 N–H and O–H groups in total. The van der Waals surface area contributed by atoms with E-state index in [0.29, 0.717) is 13.1 Å². The highest BCUT2D eigenvalue weighted by molar-refractivity contribution is 5.73. The first-order chi connectivity index (χ1) is 10.6. The number of hydrogen-bond acceptors (Lipinski definition) is 3. The molecule has 0 fully saturated rings. The normalized spacial score (nSPS) is 11.7. The van der Waals surface area contributed by atoms with Crippen molar-refractivity contribution in [2.75, 3.05) is 27.3 Å². The molecule has 0 heterocycles. The molecule has 5 heteroatoms. The number of hydrogen-bond donors (Lipinski definition) is 2. The number of benzene rings is 1. The summed E-state index contributed by atoms with van der Waals surface area (Å²) in [5.41, 5.74) is 2.11. The Hall–Kier alpha value is -1.91. The molecule has 0 aromatic heterocycles. The number of amides is 2. The molecule has 1 rings (SSSR count). The molecule has 0 saturated carbocycles. The molecule has 1 atom stereocenters. The van der Waals surface area contributed by atoms with Gasteiger partial charge in [-0.05, 0) is 38.0 Å². The minimum absolute atomic E-state index is 0.145. The van der Waals surface area contributed by atoms with Gasteiger partial charge in [-0.25, -0.2) is 4.79 Å². The van der Waals surface area contributed by atoms with Crippen molar-refractivity contribution in [3.05, 3.63) is 23.3 Å². The predicted octanol–water partition coefficient (Wildman–Crippen LogP) is 3.22. The Kier molecular flexibility index (Phi) is 7.57. The van der Waals surface area contributed by atoms with E-state index in [0.717, 1.165) is 35.5 Å². The number of methoxy groups -OCH3 is 2. The van der Waals surface area contributed by atoms with Gasteiger partial charge >= 0.3 is 6.03 Å². The third-order valence-electron chi connectivity index (χ3n) is 3.58. The number of urea groups is 1.